The second-order valence-electron chi connectivity index (χ2n) is 2.21. The average molecular weight is 302 g/mol. The third kappa shape index (κ3) is 31.8. The van der Waals surface area contributed by atoms with Crippen molar-refractivity contribution in [2.75, 3.05) is 0 Å². The van der Waals surface area contributed by atoms with E-state index in [1.807, 2.05) is 6.07 Å². The monoisotopic (exact) mass is 302 g/mol. The van der Waals surface area contributed by atoms with Crippen LogP contribution in [-0.4, -0.2) is 40.1 Å². The van der Waals surface area contributed by atoms with E-state index in [-0.39, 0.29) is 29.6 Å². The Balaban J connectivity index is -0.000000208. The summed E-state index contributed by atoms with van der Waals surface area (Å²) in [7, 11) is -6.98. The molecule has 0 radical (unpaired) electrons. The molecule has 0 bridgehead atoms. The number of nitrogens with zero attached hydrogens (tertiary/aromatic N) is 2. The first-order valence-electron chi connectivity index (χ1n) is 3.84. The molecular formula is C6H8BN2NaO8S. The van der Waals surface area contributed by atoms with Crippen LogP contribution in [0.25, 0.3) is 0 Å². The molecule has 0 saturated heterocycles. The summed E-state index contributed by atoms with van der Waals surface area (Å²) in [6.07, 6.45) is 3.19. The minimum atomic E-state index is -4.67. The second-order valence-corrected chi connectivity index (χ2v) is 3.10. The molecule has 19 heavy (non-hydrogen) atoms. The van der Waals surface area contributed by atoms with Crippen molar-refractivity contribution in [3.05, 3.63) is 30.1 Å². The third-order valence-corrected chi connectivity index (χ3v) is 0.900. The first-order chi connectivity index (χ1) is 8.20. The molecule has 1 aromatic heterocycles. The maximum atomic E-state index is 8.98. The van der Waals surface area contributed by atoms with Crippen LogP contribution in [0.2, 0.25) is 0 Å². The first-order valence-corrected chi connectivity index (χ1v) is 5.24. The van der Waals surface area contributed by atoms with E-state index < -0.39 is 17.7 Å². The van der Waals surface area contributed by atoms with Crippen molar-refractivity contribution in [2.45, 2.75) is 0 Å². The Hall–Kier alpha value is -0.585. The Bertz CT molecular complexity index is 442. The molecule has 0 aliphatic carbocycles. The van der Waals surface area contributed by atoms with Crippen molar-refractivity contribution >= 4 is 17.7 Å². The van der Waals surface area contributed by atoms with E-state index >= 15 is 0 Å². The summed E-state index contributed by atoms with van der Waals surface area (Å²) >= 11 is 0. The quantitative estimate of drug-likeness (QED) is 0.170. The fourth-order valence-corrected chi connectivity index (χ4v) is 0.426. The van der Waals surface area contributed by atoms with Crippen molar-refractivity contribution in [3.63, 3.8) is 0 Å². The molecule has 13 heteroatoms. The van der Waals surface area contributed by atoms with Gasteiger partial charge in [-0.1, -0.05) is 0 Å². The molecule has 100 valence electrons. The van der Waals surface area contributed by atoms with Crippen LogP contribution in [0.3, 0.4) is 0 Å². The molecule has 10 nitrogen and oxygen atoms in total. The van der Waals surface area contributed by atoms with Gasteiger partial charge in [-0.3, -0.25) is 24.2 Å². The van der Waals surface area contributed by atoms with Gasteiger partial charge in [-0.2, -0.15) is 13.7 Å². The number of nitriles is 1. The number of hydrogen-bond donors (Lipinski definition) is 4. The van der Waals surface area contributed by atoms with E-state index in [9.17, 15) is 0 Å². The van der Waals surface area contributed by atoms with Crippen molar-refractivity contribution in [1.29, 1.82) is 5.26 Å². The first kappa shape index (κ1) is 23.5. The third-order valence-electron chi connectivity index (χ3n) is 0.900. The van der Waals surface area contributed by atoms with Gasteiger partial charge in [0.25, 0.3) is 0 Å². The number of pyridine rings is 1. The Kier molecular flexibility index (Phi) is 17.1. The molecule has 1 rings (SSSR count). The van der Waals surface area contributed by atoms with Crippen molar-refractivity contribution in [3.8, 4) is 6.07 Å². The maximum Gasteiger partial charge on any atom is 1.00 e. The minimum Gasteiger partial charge on any atom is -0.830 e. The molecule has 0 fully saturated rings. The molecule has 0 spiro atoms. The zero-order chi connectivity index (χ0) is 14.6. The fourth-order valence-electron chi connectivity index (χ4n) is 0.426. The smallest absolute Gasteiger partial charge is 0.830 e. The van der Waals surface area contributed by atoms with Crippen molar-refractivity contribution < 1.29 is 67.2 Å². The molecule has 0 aliphatic rings. The van der Waals surface area contributed by atoms with E-state index in [2.05, 4.69) is 9.79 Å². The fraction of sp³-hybridized carbons (Fsp3) is 0. The molecule has 0 saturated carbocycles. The second kappa shape index (κ2) is 13.8. The summed E-state index contributed by atoms with van der Waals surface area (Å²) in [5, 5.41) is 31.7. The van der Waals surface area contributed by atoms with Gasteiger partial charge < -0.3 is 10.0 Å². The molecule has 0 aromatic carbocycles. The van der Waals surface area contributed by atoms with E-state index in [0.717, 1.165) is 0 Å². The number of hydrogen-bond acceptors (Lipinski definition) is 8. The van der Waals surface area contributed by atoms with Crippen LogP contribution in [0.5, 0.6) is 0 Å². The Morgan fingerprint density at radius 3 is 1.84 bits per heavy atom. The molecule has 0 atom stereocenters. The number of rotatable bonds is 1. The van der Waals surface area contributed by atoms with Crippen LogP contribution in [0.4, 0.5) is 0 Å². The van der Waals surface area contributed by atoms with Gasteiger partial charge in [0.15, 0.2) is 0 Å². The van der Waals surface area contributed by atoms with Gasteiger partial charge in [-0.15, -0.1) is 0 Å². The van der Waals surface area contributed by atoms with Gasteiger partial charge in [0.05, 0.1) is 11.6 Å². The van der Waals surface area contributed by atoms with E-state index in [1.165, 1.54) is 0 Å². The molecule has 0 unspecified atom stereocenters. The van der Waals surface area contributed by atoms with Gasteiger partial charge in [-0.05, 0) is 12.1 Å². The molecule has 0 aliphatic heterocycles. The number of aromatic nitrogens is 1. The summed E-state index contributed by atoms with van der Waals surface area (Å²) in [5.74, 6) is 0. The van der Waals surface area contributed by atoms with E-state index in [4.69, 9.17) is 38.1 Å². The molecule has 0 amide bonds. The topological polar surface area (TPSA) is 184 Å². The van der Waals surface area contributed by atoms with Crippen LogP contribution in [0.15, 0.2) is 24.5 Å². The Labute approximate surface area is 131 Å². The zero-order valence-corrected chi connectivity index (χ0v) is 12.4. The van der Waals surface area contributed by atoms with E-state index in [0.29, 0.717) is 5.56 Å². The van der Waals surface area contributed by atoms with Gasteiger partial charge in [-0.25, -0.2) is 0 Å². The summed E-state index contributed by atoms with van der Waals surface area (Å²) in [6, 6.07) is 5.32. The summed E-state index contributed by atoms with van der Waals surface area (Å²) < 4.78 is 31.6. The van der Waals surface area contributed by atoms with Crippen molar-refractivity contribution in [2.24, 2.45) is 0 Å². The SMILES string of the molecule is N#Cc1ccncc1.O=S(=O)(O)O.[Na+].[O-]B(O)OO. The molecule has 1 aromatic rings. The predicted molar refractivity (Wildman–Crippen MR) is 54.8 cm³/mol. The van der Waals surface area contributed by atoms with Crippen LogP contribution in [0.1, 0.15) is 5.56 Å². The normalized spacial score (nSPS) is 8.42. The zero-order valence-electron chi connectivity index (χ0n) is 9.61. The maximum absolute atomic E-state index is 8.98. The van der Waals surface area contributed by atoms with Crippen molar-refractivity contribution in [1.82, 2.24) is 4.98 Å². The Morgan fingerprint density at radius 1 is 1.37 bits per heavy atom. The summed E-state index contributed by atoms with van der Waals surface area (Å²) in [4.78, 5) is 6.49. The summed E-state index contributed by atoms with van der Waals surface area (Å²) in [6.45, 7) is 0. The van der Waals surface area contributed by atoms with Crippen LogP contribution < -0.4 is 34.6 Å². The standard InChI is InChI=1S/C6H4N2.BH2O4.Na.H2O4S/c7-5-6-1-3-8-4-2-6;2-1(3)5-4;;1-5(2,3)4/h1-4H;2,4H;;(H2,1,2,3,4)/q;-1;+1;. The van der Waals surface area contributed by atoms with E-state index in [1.54, 1.807) is 24.5 Å². The largest absolute Gasteiger partial charge is 1.00 e. The van der Waals surface area contributed by atoms with Gasteiger partial charge in [0.2, 0.25) is 0 Å². The van der Waals surface area contributed by atoms with Crippen LogP contribution in [-0.2, 0) is 15.2 Å². The van der Waals surface area contributed by atoms with Gasteiger partial charge in [0.1, 0.15) is 0 Å². The van der Waals surface area contributed by atoms with Gasteiger partial charge in [0, 0.05) is 12.4 Å². The molecule has 4 N–H and O–H groups in total. The van der Waals surface area contributed by atoms with Crippen LogP contribution >= 0.6 is 0 Å². The Morgan fingerprint density at radius 2 is 1.68 bits per heavy atom. The average Bonchev–Trinajstić information content (AvgIpc) is 2.28. The van der Waals surface area contributed by atoms with Gasteiger partial charge >= 0.3 is 47.3 Å². The minimum absolute atomic E-state index is 0. The molecular weight excluding hydrogens is 294 g/mol. The van der Waals surface area contributed by atoms with Crippen LogP contribution in [0, 0.1) is 11.3 Å². The summed E-state index contributed by atoms with van der Waals surface area (Å²) in [5.41, 5.74) is 0.653. The molecule has 1 heterocycles. The predicted octanol–water partition coefficient (Wildman–Crippen LogP) is -4.88.